The van der Waals surface area contributed by atoms with Crippen molar-refractivity contribution in [3.05, 3.63) is 99.5 Å². The van der Waals surface area contributed by atoms with Crippen molar-refractivity contribution in [2.75, 3.05) is 0 Å². The second-order valence-corrected chi connectivity index (χ2v) is 8.39. The maximum atomic E-state index is 6.01. The molecule has 0 amide bonds. The molecule has 0 saturated carbocycles. The molecule has 0 bridgehead atoms. The van der Waals surface area contributed by atoms with Gasteiger partial charge in [-0.05, 0) is 47.5 Å². The molecule has 1 heterocycles. The number of halogens is 1. The Balaban J connectivity index is 1.77. The molecule has 4 rings (SSSR count). The minimum absolute atomic E-state index is 0.766. The molecular weight excluding hydrogens is 390 g/mol. The lowest BCUT2D eigenvalue weighted by molar-refractivity contribution is 0.704. The Morgan fingerprint density at radius 3 is 2.00 bits per heavy atom. The zero-order valence-electron chi connectivity index (χ0n) is 14.6. The van der Waals surface area contributed by atoms with Crippen LogP contribution in [0.3, 0.4) is 0 Å². The van der Waals surface area contributed by atoms with Gasteiger partial charge in [-0.25, -0.2) is 0 Å². The molecule has 134 valence electrons. The number of benzene rings is 3. The number of aryl methyl sites for hydroxylation is 1. The topological polar surface area (TPSA) is 4.93 Å². The first kappa shape index (κ1) is 18.2. The largest absolute Gasteiger partial charge is 0.322 e. The highest BCUT2D eigenvalue weighted by Gasteiger charge is 2.16. The second kappa shape index (κ2) is 8.22. The van der Waals surface area contributed by atoms with Gasteiger partial charge >= 0.3 is 0 Å². The first-order valence-corrected chi connectivity index (χ1v) is 10.4. The monoisotopic (exact) mass is 407 g/mol. The zero-order chi connectivity index (χ0) is 18.6. The van der Waals surface area contributed by atoms with Crippen LogP contribution < -0.4 is 0 Å². The van der Waals surface area contributed by atoms with E-state index in [0.29, 0.717) is 0 Å². The first-order valence-electron chi connectivity index (χ1n) is 8.81. The number of thiazole rings is 1. The van der Waals surface area contributed by atoms with Gasteiger partial charge < -0.3 is 4.57 Å². The van der Waals surface area contributed by atoms with E-state index < -0.39 is 0 Å². The minimum Gasteiger partial charge on any atom is -0.322 e. The summed E-state index contributed by atoms with van der Waals surface area (Å²) in [6.07, 6.45) is 0.913. The average Bonchev–Trinajstić information content (AvgIpc) is 3.05. The Kier molecular flexibility index (Phi) is 5.53. The van der Waals surface area contributed by atoms with Gasteiger partial charge in [0.1, 0.15) is 0 Å². The van der Waals surface area contributed by atoms with Crippen LogP contribution in [0.4, 0.5) is 0 Å². The Hall–Kier alpha value is -2.20. The summed E-state index contributed by atoms with van der Waals surface area (Å²) < 4.78 is 3.17. The summed E-state index contributed by atoms with van der Waals surface area (Å²) >= 11 is 13.5. The van der Waals surface area contributed by atoms with Gasteiger partial charge in [-0.15, -0.1) is 11.3 Å². The van der Waals surface area contributed by atoms with Crippen LogP contribution in [0.1, 0.15) is 5.56 Å². The van der Waals surface area contributed by atoms with Crippen LogP contribution in [0.25, 0.3) is 21.7 Å². The van der Waals surface area contributed by atoms with E-state index in [-0.39, 0.29) is 0 Å². The molecule has 0 unspecified atom stereocenters. The third-order valence-electron chi connectivity index (χ3n) is 4.52. The van der Waals surface area contributed by atoms with Crippen LogP contribution in [-0.4, -0.2) is 4.57 Å². The van der Waals surface area contributed by atoms with Crippen LogP contribution in [0.2, 0.25) is 5.02 Å². The fourth-order valence-electron chi connectivity index (χ4n) is 3.17. The summed E-state index contributed by atoms with van der Waals surface area (Å²) in [7, 11) is 0. The molecule has 4 heteroatoms. The average molecular weight is 408 g/mol. The number of rotatable bonds is 5. The van der Waals surface area contributed by atoms with Gasteiger partial charge in [0.2, 0.25) is 0 Å². The third kappa shape index (κ3) is 4.06. The Labute approximate surface area is 173 Å². The van der Waals surface area contributed by atoms with E-state index in [2.05, 4.69) is 65.2 Å². The summed E-state index contributed by atoms with van der Waals surface area (Å²) in [6.45, 7) is 0.841. The highest BCUT2D eigenvalue weighted by atomic mass is 35.5. The van der Waals surface area contributed by atoms with Gasteiger partial charge in [-0.2, -0.15) is 0 Å². The molecule has 27 heavy (non-hydrogen) atoms. The molecule has 4 aromatic rings. The van der Waals surface area contributed by atoms with Gasteiger partial charge in [0.25, 0.3) is 0 Å². The Morgan fingerprint density at radius 2 is 1.37 bits per heavy atom. The quantitative estimate of drug-likeness (QED) is 0.310. The standard InChI is InChI=1S/C23H18ClNS2/c24-20-13-11-17(12-14-20)15-16-25-21(18-7-3-1-4-8-18)22(27-23(25)26)19-9-5-2-6-10-19/h1-14H,15-16H2. The van der Waals surface area contributed by atoms with E-state index in [1.807, 2.05) is 24.3 Å². The fourth-order valence-corrected chi connectivity index (χ4v) is 4.77. The molecule has 0 radical (unpaired) electrons. The molecule has 0 aliphatic carbocycles. The molecule has 0 aliphatic heterocycles. The number of hydrogen-bond donors (Lipinski definition) is 0. The fraction of sp³-hybridized carbons (Fsp3) is 0.0870. The van der Waals surface area contributed by atoms with E-state index in [9.17, 15) is 0 Å². The van der Waals surface area contributed by atoms with Crippen molar-refractivity contribution in [3.63, 3.8) is 0 Å². The van der Waals surface area contributed by atoms with Crippen LogP contribution >= 0.6 is 35.2 Å². The van der Waals surface area contributed by atoms with Crippen molar-refractivity contribution in [2.24, 2.45) is 0 Å². The first-order chi connectivity index (χ1) is 13.2. The third-order valence-corrected chi connectivity index (χ3v) is 6.27. The van der Waals surface area contributed by atoms with Crippen molar-refractivity contribution in [1.82, 2.24) is 4.57 Å². The van der Waals surface area contributed by atoms with Gasteiger partial charge in [0.15, 0.2) is 3.95 Å². The molecular formula is C23H18ClNS2. The molecule has 0 aliphatic rings. The SMILES string of the molecule is S=c1sc(-c2ccccc2)c(-c2ccccc2)n1CCc1ccc(Cl)cc1. The predicted molar refractivity (Wildman–Crippen MR) is 119 cm³/mol. The highest BCUT2D eigenvalue weighted by Crippen LogP contribution is 2.38. The van der Waals surface area contributed by atoms with Crippen molar-refractivity contribution < 1.29 is 0 Å². The normalized spacial score (nSPS) is 10.9. The van der Waals surface area contributed by atoms with Gasteiger partial charge in [0.05, 0.1) is 10.6 Å². The Bertz CT molecular complexity index is 1080. The van der Waals surface area contributed by atoms with E-state index in [1.54, 1.807) is 11.3 Å². The summed E-state index contributed by atoms with van der Waals surface area (Å²) in [6, 6.07) is 29.1. The molecule has 0 spiro atoms. The van der Waals surface area contributed by atoms with Gasteiger partial charge in [0, 0.05) is 11.6 Å². The highest BCUT2D eigenvalue weighted by molar-refractivity contribution is 7.73. The second-order valence-electron chi connectivity index (χ2n) is 6.31. The summed E-state index contributed by atoms with van der Waals surface area (Å²) in [5, 5.41) is 0.766. The number of aromatic nitrogens is 1. The molecule has 0 N–H and O–H groups in total. The van der Waals surface area contributed by atoms with E-state index in [0.717, 1.165) is 21.9 Å². The summed E-state index contributed by atoms with van der Waals surface area (Å²) in [4.78, 5) is 1.22. The van der Waals surface area contributed by atoms with Crippen LogP contribution in [-0.2, 0) is 13.0 Å². The molecule has 0 atom stereocenters. The van der Waals surface area contributed by atoms with Crippen molar-refractivity contribution >= 4 is 35.2 Å². The number of hydrogen-bond acceptors (Lipinski definition) is 2. The van der Waals surface area contributed by atoms with Crippen molar-refractivity contribution in [1.29, 1.82) is 0 Å². The molecule has 3 aromatic carbocycles. The maximum Gasteiger partial charge on any atom is 0.162 e. The lowest BCUT2D eigenvalue weighted by Crippen LogP contribution is -2.03. The Morgan fingerprint density at radius 1 is 0.778 bits per heavy atom. The lowest BCUT2D eigenvalue weighted by Gasteiger charge is -2.12. The van der Waals surface area contributed by atoms with Gasteiger partial charge in [-0.3, -0.25) is 0 Å². The number of nitrogens with zero attached hydrogens (tertiary/aromatic N) is 1. The van der Waals surface area contributed by atoms with Crippen LogP contribution in [0, 0.1) is 3.95 Å². The van der Waals surface area contributed by atoms with Crippen molar-refractivity contribution in [3.8, 4) is 21.7 Å². The van der Waals surface area contributed by atoms with Gasteiger partial charge in [-0.1, -0.05) is 84.4 Å². The smallest absolute Gasteiger partial charge is 0.162 e. The summed E-state index contributed by atoms with van der Waals surface area (Å²) in [5.74, 6) is 0. The minimum atomic E-state index is 0.766. The predicted octanol–water partition coefficient (Wildman–Crippen LogP) is 7.51. The molecule has 0 saturated heterocycles. The molecule has 0 fully saturated rings. The summed E-state index contributed by atoms with van der Waals surface area (Å²) in [5.41, 5.74) is 4.86. The molecule has 1 aromatic heterocycles. The van der Waals surface area contributed by atoms with Crippen molar-refractivity contribution in [2.45, 2.75) is 13.0 Å². The van der Waals surface area contributed by atoms with E-state index >= 15 is 0 Å². The van der Waals surface area contributed by atoms with E-state index in [4.69, 9.17) is 23.8 Å². The van der Waals surface area contributed by atoms with Crippen LogP contribution in [0.15, 0.2) is 84.9 Å². The lowest BCUT2D eigenvalue weighted by atomic mass is 10.1. The zero-order valence-corrected chi connectivity index (χ0v) is 17.0. The van der Waals surface area contributed by atoms with E-state index in [1.165, 1.54) is 27.3 Å². The van der Waals surface area contributed by atoms with Crippen LogP contribution in [0.5, 0.6) is 0 Å². The maximum absolute atomic E-state index is 6.01. The molecule has 1 nitrogen and oxygen atoms in total.